The lowest BCUT2D eigenvalue weighted by atomic mass is 9.54. The molecule has 0 saturated heterocycles. The van der Waals surface area contributed by atoms with E-state index in [2.05, 4.69) is 32.7 Å². The van der Waals surface area contributed by atoms with Crippen molar-refractivity contribution < 1.29 is 0 Å². The van der Waals surface area contributed by atoms with Gasteiger partial charge in [0.05, 0.1) is 0 Å². The van der Waals surface area contributed by atoms with Gasteiger partial charge in [-0.15, -0.1) is 11.3 Å². The Morgan fingerprint density at radius 1 is 1.11 bits per heavy atom. The summed E-state index contributed by atoms with van der Waals surface area (Å²) in [4.78, 5) is 1.47. The molecule has 98 valence electrons. The molecule has 4 fully saturated rings. The van der Waals surface area contributed by atoms with Gasteiger partial charge in [-0.1, -0.05) is 0 Å². The Morgan fingerprint density at radius 2 is 1.78 bits per heavy atom. The highest BCUT2D eigenvalue weighted by molar-refractivity contribution is 9.10. The molecule has 1 nitrogen and oxygen atoms in total. The summed E-state index contributed by atoms with van der Waals surface area (Å²) in [6.45, 7) is 1.07. The second-order valence-corrected chi connectivity index (χ2v) is 8.48. The summed E-state index contributed by atoms with van der Waals surface area (Å²) in [6.07, 6.45) is 7.60. The lowest BCUT2D eigenvalue weighted by Gasteiger charge is -2.54. The maximum Gasteiger partial charge on any atom is 0.0302 e. The van der Waals surface area contributed by atoms with Crippen molar-refractivity contribution in [1.82, 2.24) is 5.32 Å². The van der Waals surface area contributed by atoms with E-state index in [1.165, 1.54) is 35.0 Å². The van der Waals surface area contributed by atoms with Crippen LogP contribution in [0.15, 0.2) is 15.9 Å². The van der Waals surface area contributed by atoms with E-state index in [-0.39, 0.29) is 0 Å². The lowest BCUT2D eigenvalue weighted by Crippen LogP contribution is -2.54. The second-order valence-electron chi connectivity index (χ2n) is 6.57. The summed E-state index contributed by atoms with van der Waals surface area (Å²) < 4.78 is 1.23. The largest absolute Gasteiger partial charge is 0.309 e. The Morgan fingerprint density at radius 3 is 2.33 bits per heavy atom. The van der Waals surface area contributed by atoms with E-state index in [0.29, 0.717) is 0 Å². The average Bonchev–Trinajstić information content (AvgIpc) is 2.73. The molecule has 18 heavy (non-hydrogen) atoms. The molecule has 4 saturated carbocycles. The summed E-state index contributed by atoms with van der Waals surface area (Å²) in [5.41, 5.74) is 0. The van der Waals surface area contributed by atoms with Crippen LogP contribution in [0.1, 0.15) is 37.0 Å². The van der Waals surface area contributed by atoms with E-state index in [1.54, 1.807) is 6.42 Å². The number of nitrogens with one attached hydrogen (secondary N) is 1. The summed E-state index contributed by atoms with van der Waals surface area (Å²) in [5, 5.41) is 6.07. The molecule has 4 bridgehead atoms. The van der Waals surface area contributed by atoms with Crippen LogP contribution < -0.4 is 5.32 Å². The van der Waals surface area contributed by atoms with Crippen molar-refractivity contribution in [2.24, 2.45) is 23.7 Å². The Kier molecular flexibility index (Phi) is 3.05. The topological polar surface area (TPSA) is 12.0 Å². The standard InChI is InChI=1S/C15H20BrNS/c16-13-6-14(18-8-13)7-17-15-11-2-9-1-10(4-11)5-12(15)3-9/h6,8-12,15,17H,1-5,7H2. The van der Waals surface area contributed by atoms with E-state index in [1.807, 2.05) is 11.3 Å². The molecule has 0 aromatic carbocycles. The van der Waals surface area contributed by atoms with Gasteiger partial charge in [-0.25, -0.2) is 0 Å². The van der Waals surface area contributed by atoms with Gasteiger partial charge < -0.3 is 5.32 Å². The molecule has 0 unspecified atom stereocenters. The fraction of sp³-hybridized carbons (Fsp3) is 0.733. The average molecular weight is 326 g/mol. The van der Waals surface area contributed by atoms with Crippen molar-refractivity contribution in [3.05, 3.63) is 20.8 Å². The third kappa shape index (κ3) is 2.08. The molecular formula is C15H20BrNS. The Labute approximate surface area is 121 Å². The van der Waals surface area contributed by atoms with Crippen molar-refractivity contribution in [3.63, 3.8) is 0 Å². The van der Waals surface area contributed by atoms with Crippen LogP contribution in [0.5, 0.6) is 0 Å². The number of hydrogen-bond donors (Lipinski definition) is 1. The van der Waals surface area contributed by atoms with Gasteiger partial charge in [0.25, 0.3) is 0 Å². The quantitative estimate of drug-likeness (QED) is 0.867. The van der Waals surface area contributed by atoms with E-state index in [4.69, 9.17) is 0 Å². The van der Waals surface area contributed by atoms with Gasteiger partial charge in [0.1, 0.15) is 0 Å². The zero-order valence-corrected chi connectivity index (χ0v) is 13.0. The molecule has 4 aliphatic carbocycles. The molecule has 1 aromatic rings. The summed E-state index contributed by atoms with van der Waals surface area (Å²) in [6, 6.07) is 3.08. The third-order valence-electron chi connectivity index (χ3n) is 5.36. The molecule has 0 spiro atoms. The molecule has 0 radical (unpaired) electrons. The molecule has 1 heterocycles. The predicted molar refractivity (Wildman–Crippen MR) is 79.7 cm³/mol. The number of thiophene rings is 1. The Bertz CT molecular complexity index is 413. The van der Waals surface area contributed by atoms with Gasteiger partial charge in [-0.05, 0) is 77.8 Å². The number of hydrogen-bond acceptors (Lipinski definition) is 2. The first-order chi connectivity index (χ1) is 8.78. The molecule has 0 aliphatic heterocycles. The zero-order chi connectivity index (χ0) is 12.1. The molecule has 3 heteroatoms. The first kappa shape index (κ1) is 11.9. The van der Waals surface area contributed by atoms with Gasteiger partial charge in [-0.3, -0.25) is 0 Å². The Balaban J connectivity index is 1.43. The van der Waals surface area contributed by atoms with Crippen LogP contribution in [-0.4, -0.2) is 6.04 Å². The third-order valence-corrected chi connectivity index (χ3v) is 7.06. The summed E-state index contributed by atoms with van der Waals surface area (Å²) in [5.74, 6) is 4.15. The number of halogens is 1. The zero-order valence-electron chi connectivity index (χ0n) is 10.6. The van der Waals surface area contributed by atoms with Crippen molar-refractivity contribution in [2.75, 3.05) is 0 Å². The van der Waals surface area contributed by atoms with Crippen LogP contribution in [0.2, 0.25) is 0 Å². The molecule has 0 amide bonds. The second kappa shape index (κ2) is 4.60. The molecule has 5 rings (SSSR count). The first-order valence-corrected chi connectivity index (χ1v) is 8.91. The highest BCUT2D eigenvalue weighted by atomic mass is 79.9. The molecular weight excluding hydrogens is 306 g/mol. The van der Waals surface area contributed by atoms with Crippen LogP contribution in [-0.2, 0) is 6.54 Å². The van der Waals surface area contributed by atoms with Crippen LogP contribution in [0.25, 0.3) is 0 Å². The van der Waals surface area contributed by atoms with Crippen molar-refractivity contribution in [2.45, 2.75) is 44.7 Å². The van der Waals surface area contributed by atoms with E-state index < -0.39 is 0 Å². The van der Waals surface area contributed by atoms with Crippen molar-refractivity contribution in [3.8, 4) is 0 Å². The highest BCUT2D eigenvalue weighted by Crippen LogP contribution is 2.53. The summed E-state index contributed by atoms with van der Waals surface area (Å²) in [7, 11) is 0. The van der Waals surface area contributed by atoms with Crippen LogP contribution in [0.4, 0.5) is 0 Å². The van der Waals surface area contributed by atoms with E-state index in [9.17, 15) is 0 Å². The molecule has 1 N–H and O–H groups in total. The minimum Gasteiger partial charge on any atom is -0.309 e. The smallest absolute Gasteiger partial charge is 0.0302 e. The van der Waals surface area contributed by atoms with Gasteiger partial charge in [0, 0.05) is 27.3 Å². The van der Waals surface area contributed by atoms with Gasteiger partial charge >= 0.3 is 0 Å². The van der Waals surface area contributed by atoms with Gasteiger partial charge in [0.2, 0.25) is 0 Å². The Hall–Kier alpha value is 0.140. The molecule has 0 atom stereocenters. The maximum absolute atomic E-state index is 3.88. The van der Waals surface area contributed by atoms with Crippen LogP contribution in [0, 0.1) is 23.7 Å². The molecule has 4 aliphatic rings. The molecule has 1 aromatic heterocycles. The normalized spacial score (nSPS) is 41.5. The minimum absolute atomic E-state index is 0.818. The van der Waals surface area contributed by atoms with Crippen molar-refractivity contribution >= 4 is 27.3 Å². The maximum atomic E-state index is 3.88. The highest BCUT2D eigenvalue weighted by Gasteiger charge is 2.47. The van der Waals surface area contributed by atoms with Crippen molar-refractivity contribution in [1.29, 1.82) is 0 Å². The first-order valence-electron chi connectivity index (χ1n) is 7.24. The van der Waals surface area contributed by atoms with Gasteiger partial charge in [-0.2, -0.15) is 0 Å². The fourth-order valence-electron chi connectivity index (χ4n) is 4.92. The summed E-state index contributed by atoms with van der Waals surface area (Å²) >= 11 is 5.41. The number of rotatable bonds is 3. The van der Waals surface area contributed by atoms with E-state index in [0.717, 1.165) is 36.3 Å². The van der Waals surface area contributed by atoms with Crippen LogP contribution >= 0.6 is 27.3 Å². The van der Waals surface area contributed by atoms with Crippen LogP contribution in [0.3, 0.4) is 0 Å². The van der Waals surface area contributed by atoms with Gasteiger partial charge in [0.15, 0.2) is 0 Å². The fourth-order valence-corrected chi connectivity index (χ4v) is 6.33. The SMILES string of the molecule is Brc1csc(CNC2C3CC4CC(C3)CC2C4)c1. The minimum atomic E-state index is 0.818. The lowest BCUT2D eigenvalue weighted by molar-refractivity contribution is -0.0141. The predicted octanol–water partition coefficient (Wildman–Crippen LogP) is 4.42. The monoisotopic (exact) mass is 325 g/mol. The van der Waals surface area contributed by atoms with E-state index >= 15 is 0 Å².